The first-order valence-electron chi connectivity index (χ1n) is 11.4. The van der Waals surface area contributed by atoms with Gasteiger partial charge in [-0.05, 0) is 25.5 Å². The third kappa shape index (κ3) is 6.54. The highest BCUT2D eigenvalue weighted by Crippen LogP contribution is 2.29. The van der Waals surface area contributed by atoms with E-state index in [0.717, 1.165) is 29.5 Å². The van der Waals surface area contributed by atoms with Crippen LogP contribution >= 0.6 is 11.6 Å². The van der Waals surface area contributed by atoms with Gasteiger partial charge in [0.2, 0.25) is 0 Å². The minimum Gasteiger partial charge on any atom is -0.462 e. The number of hydrogen-bond donors (Lipinski definition) is 0. The number of nitrogens with zero attached hydrogens (tertiary/aromatic N) is 1. The monoisotopic (exact) mass is 437 g/mol. The molecule has 0 aliphatic heterocycles. The van der Waals surface area contributed by atoms with Gasteiger partial charge in [-0.25, -0.2) is 9.78 Å². The summed E-state index contributed by atoms with van der Waals surface area (Å²) in [6.07, 6.45) is 9.69. The lowest BCUT2D eigenvalue weighted by atomic mass is 10.0. The van der Waals surface area contributed by atoms with E-state index >= 15 is 0 Å². The molecule has 0 aliphatic carbocycles. The standard InChI is InChI=1S/C27H32ClNO2/c1-3-4-5-6-7-8-9-10-18-31-27(30)23-19-25(21-16-14-20(2)15-17-21)29-26-22(23)12-11-13-24(26)28/h11-17,19H,3-10,18H2,1-2H3. The highest BCUT2D eigenvalue weighted by atomic mass is 35.5. The molecule has 0 amide bonds. The summed E-state index contributed by atoms with van der Waals surface area (Å²) >= 11 is 6.41. The summed E-state index contributed by atoms with van der Waals surface area (Å²) in [5.41, 5.74) is 3.99. The summed E-state index contributed by atoms with van der Waals surface area (Å²) < 4.78 is 5.62. The topological polar surface area (TPSA) is 39.2 Å². The Morgan fingerprint density at radius 2 is 1.61 bits per heavy atom. The van der Waals surface area contributed by atoms with Gasteiger partial charge in [0.1, 0.15) is 0 Å². The van der Waals surface area contributed by atoms with E-state index in [0.29, 0.717) is 22.7 Å². The smallest absolute Gasteiger partial charge is 0.338 e. The number of ether oxygens (including phenoxy) is 1. The largest absolute Gasteiger partial charge is 0.462 e. The van der Waals surface area contributed by atoms with Crippen molar-refractivity contribution < 1.29 is 9.53 Å². The van der Waals surface area contributed by atoms with Gasteiger partial charge in [-0.2, -0.15) is 0 Å². The van der Waals surface area contributed by atoms with Crippen LogP contribution in [0.5, 0.6) is 0 Å². The average Bonchev–Trinajstić information content (AvgIpc) is 2.78. The fourth-order valence-corrected chi connectivity index (χ4v) is 3.95. The molecule has 0 N–H and O–H groups in total. The molecular formula is C27H32ClNO2. The van der Waals surface area contributed by atoms with Crippen LogP contribution in [0.1, 0.15) is 74.2 Å². The number of rotatable bonds is 11. The van der Waals surface area contributed by atoms with Gasteiger partial charge in [0.25, 0.3) is 0 Å². The van der Waals surface area contributed by atoms with Crippen LogP contribution in [0.2, 0.25) is 5.02 Å². The lowest BCUT2D eigenvalue weighted by Gasteiger charge is -2.11. The number of aryl methyl sites for hydroxylation is 1. The number of carbonyl (C=O) groups is 1. The maximum atomic E-state index is 12.9. The molecule has 0 atom stereocenters. The third-order valence-corrected chi connectivity index (χ3v) is 5.89. The third-order valence-electron chi connectivity index (χ3n) is 5.59. The van der Waals surface area contributed by atoms with Gasteiger partial charge in [-0.1, -0.05) is 105 Å². The first kappa shape index (κ1) is 23.3. The minimum absolute atomic E-state index is 0.314. The number of unbranched alkanes of at least 4 members (excludes halogenated alkanes) is 7. The van der Waals surface area contributed by atoms with E-state index in [1.807, 2.05) is 49.4 Å². The van der Waals surface area contributed by atoms with Gasteiger partial charge in [0.05, 0.1) is 28.4 Å². The molecular weight excluding hydrogens is 406 g/mol. The fraction of sp³-hybridized carbons (Fsp3) is 0.407. The summed E-state index contributed by atoms with van der Waals surface area (Å²) in [5.74, 6) is -0.314. The lowest BCUT2D eigenvalue weighted by molar-refractivity contribution is 0.0500. The van der Waals surface area contributed by atoms with E-state index in [1.165, 1.54) is 44.1 Å². The van der Waals surface area contributed by atoms with E-state index in [2.05, 4.69) is 6.92 Å². The van der Waals surface area contributed by atoms with Crippen LogP contribution in [0.15, 0.2) is 48.5 Å². The molecule has 0 aliphatic rings. The lowest BCUT2D eigenvalue weighted by Crippen LogP contribution is -2.08. The highest BCUT2D eigenvalue weighted by Gasteiger charge is 2.16. The van der Waals surface area contributed by atoms with Crippen molar-refractivity contribution in [2.45, 2.75) is 65.2 Å². The summed E-state index contributed by atoms with van der Waals surface area (Å²) in [5, 5.41) is 1.26. The van der Waals surface area contributed by atoms with Crippen molar-refractivity contribution in [2.24, 2.45) is 0 Å². The van der Waals surface area contributed by atoms with E-state index in [-0.39, 0.29) is 5.97 Å². The van der Waals surface area contributed by atoms with Crippen LogP contribution in [0.3, 0.4) is 0 Å². The van der Waals surface area contributed by atoms with Crippen molar-refractivity contribution in [1.29, 1.82) is 0 Å². The van der Waals surface area contributed by atoms with Crippen molar-refractivity contribution in [2.75, 3.05) is 6.61 Å². The molecule has 3 nitrogen and oxygen atoms in total. The summed E-state index contributed by atoms with van der Waals surface area (Å²) in [6, 6.07) is 15.4. The molecule has 3 rings (SSSR count). The van der Waals surface area contributed by atoms with Crippen molar-refractivity contribution in [3.63, 3.8) is 0 Å². The Balaban J connectivity index is 1.68. The van der Waals surface area contributed by atoms with E-state index < -0.39 is 0 Å². The molecule has 31 heavy (non-hydrogen) atoms. The fourth-order valence-electron chi connectivity index (χ4n) is 3.73. The number of hydrogen-bond acceptors (Lipinski definition) is 3. The van der Waals surface area contributed by atoms with E-state index in [9.17, 15) is 4.79 Å². The molecule has 0 saturated carbocycles. The number of fused-ring (bicyclic) bond motifs is 1. The second-order valence-corrected chi connectivity index (χ2v) is 8.58. The predicted octanol–water partition coefficient (Wildman–Crippen LogP) is 8.16. The number of pyridine rings is 1. The minimum atomic E-state index is -0.314. The predicted molar refractivity (Wildman–Crippen MR) is 130 cm³/mol. The van der Waals surface area contributed by atoms with Gasteiger partial charge in [0, 0.05) is 10.9 Å². The molecule has 3 aromatic rings. The molecule has 1 heterocycles. The number of halogens is 1. The molecule has 164 valence electrons. The summed E-state index contributed by atoms with van der Waals surface area (Å²) in [4.78, 5) is 17.7. The van der Waals surface area contributed by atoms with Crippen LogP contribution in [-0.4, -0.2) is 17.6 Å². The molecule has 0 spiro atoms. The Labute approximate surface area is 190 Å². The van der Waals surface area contributed by atoms with Crippen LogP contribution in [0.4, 0.5) is 0 Å². The van der Waals surface area contributed by atoms with Crippen LogP contribution in [0, 0.1) is 6.92 Å². The van der Waals surface area contributed by atoms with E-state index in [1.54, 1.807) is 6.07 Å². The van der Waals surface area contributed by atoms with Gasteiger partial charge in [-0.3, -0.25) is 0 Å². The molecule has 0 radical (unpaired) electrons. The number of carbonyl (C=O) groups excluding carboxylic acids is 1. The van der Waals surface area contributed by atoms with Crippen LogP contribution in [0.25, 0.3) is 22.2 Å². The van der Waals surface area contributed by atoms with Gasteiger partial charge >= 0.3 is 5.97 Å². The summed E-state index contributed by atoms with van der Waals surface area (Å²) in [6.45, 7) is 4.72. The Morgan fingerprint density at radius 1 is 0.935 bits per heavy atom. The van der Waals surface area contributed by atoms with Gasteiger partial charge in [0.15, 0.2) is 0 Å². The first-order valence-corrected chi connectivity index (χ1v) is 11.8. The van der Waals surface area contributed by atoms with Crippen LogP contribution < -0.4 is 0 Å². The number of benzene rings is 2. The maximum Gasteiger partial charge on any atom is 0.338 e. The summed E-state index contributed by atoms with van der Waals surface area (Å²) in [7, 11) is 0. The van der Waals surface area contributed by atoms with E-state index in [4.69, 9.17) is 21.3 Å². The van der Waals surface area contributed by atoms with Gasteiger partial charge < -0.3 is 4.74 Å². The molecule has 2 aromatic carbocycles. The Morgan fingerprint density at radius 3 is 2.32 bits per heavy atom. The molecule has 4 heteroatoms. The molecule has 0 fully saturated rings. The number of aromatic nitrogens is 1. The Kier molecular flexibility index (Phi) is 8.90. The second kappa shape index (κ2) is 11.9. The molecule has 1 aromatic heterocycles. The zero-order chi connectivity index (χ0) is 22.1. The number of esters is 1. The van der Waals surface area contributed by atoms with Crippen molar-refractivity contribution >= 4 is 28.5 Å². The molecule has 0 unspecified atom stereocenters. The quantitative estimate of drug-likeness (QED) is 0.224. The number of para-hydroxylation sites is 1. The van der Waals surface area contributed by atoms with Crippen molar-refractivity contribution in [3.05, 3.63) is 64.7 Å². The Hall–Kier alpha value is -2.39. The van der Waals surface area contributed by atoms with Crippen molar-refractivity contribution in [1.82, 2.24) is 4.98 Å². The molecule has 0 saturated heterocycles. The highest BCUT2D eigenvalue weighted by molar-refractivity contribution is 6.35. The molecule has 0 bridgehead atoms. The Bertz CT molecular complexity index is 998. The van der Waals surface area contributed by atoms with Crippen molar-refractivity contribution in [3.8, 4) is 11.3 Å². The normalized spacial score (nSPS) is 11.1. The first-order chi connectivity index (χ1) is 15.1. The second-order valence-electron chi connectivity index (χ2n) is 8.17. The van der Waals surface area contributed by atoms with Gasteiger partial charge in [-0.15, -0.1) is 0 Å². The zero-order valence-corrected chi connectivity index (χ0v) is 19.4. The zero-order valence-electron chi connectivity index (χ0n) is 18.6. The SMILES string of the molecule is CCCCCCCCCCOC(=O)c1cc(-c2ccc(C)cc2)nc2c(Cl)cccc12. The average molecular weight is 438 g/mol. The van der Waals surface area contributed by atoms with Crippen LogP contribution in [-0.2, 0) is 4.74 Å². The maximum absolute atomic E-state index is 12.9.